The zero-order valence-electron chi connectivity index (χ0n) is 22.6. The van der Waals surface area contributed by atoms with Crippen molar-refractivity contribution >= 4 is 27.7 Å². The molecule has 41 heavy (non-hydrogen) atoms. The first-order valence-corrected chi connectivity index (χ1v) is 15.7. The number of likely N-dealkylation sites (tertiary alicyclic amines) is 1. The summed E-state index contributed by atoms with van der Waals surface area (Å²) in [4.78, 5) is 6.96. The molecular formula is C26H30F4N6O3S2. The van der Waals surface area contributed by atoms with Crippen LogP contribution in [0.2, 0.25) is 0 Å². The lowest BCUT2D eigenvalue weighted by atomic mass is 9.87. The average molecular weight is 615 g/mol. The predicted octanol–water partition coefficient (Wildman–Crippen LogP) is 4.59. The minimum Gasteiger partial charge on any atom is -0.382 e. The second-order valence-corrected chi connectivity index (χ2v) is 12.8. The van der Waals surface area contributed by atoms with Crippen LogP contribution >= 0.6 is 11.3 Å². The fraction of sp³-hybridized carbons (Fsp3) is 0.462. The lowest BCUT2D eigenvalue weighted by molar-refractivity contribution is -0.141. The highest BCUT2D eigenvalue weighted by atomic mass is 32.2. The Balaban J connectivity index is 1.23. The van der Waals surface area contributed by atoms with E-state index in [1.54, 1.807) is 30.7 Å². The van der Waals surface area contributed by atoms with E-state index in [0.717, 1.165) is 29.4 Å². The highest BCUT2D eigenvalue weighted by Gasteiger charge is 2.34. The summed E-state index contributed by atoms with van der Waals surface area (Å²) in [7, 11) is -3.78. The van der Waals surface area contributed by atoms with E-state index in [1.807, 2.05) is 5.38 Å². The van der Waals surface area contributed by atoms with Crippen molar-refractivity contribution in [3.63, 3.8) is 0 Å². The summed E-state index contributed by atoms with van der Waals surface area (Å²) in [5, 5.41) is 13.1. The Morgan fingerprint density at radius 2 is 1.90 bits per heavy atom. The fourth-order valence-corrected chi connectivity index (χ4v) is 6.77. The van der Waals surface area contributed by atoms with Crippen LogP contribution in [0.5, 0.6) is 5.75 Å². The molecule has 9 nitrogen and oxygen atoms in total. The molecule has 0 saturated carbocycles. The number of hydrogen-bond donors (Lipinski definition) is 2. The number of aryl methyl sites for hydroxylation is 1. The minimum atomic E-state index is -4.49. The number of piperidine rings is 1. The minimum absolute atomic E-state index is 0.0935. The Kier molecular flexibility index (Phi) is 8.16. The van der Waals surface area contributed by atoms with E-state index in [4.69, 9.17) is 9.17 Å². The van der Waals surface area contributed by atoms with E-state index >= 15 is 0 Å². The molecule has 222 valence electrons. The van der Waals surface area contributed by atoms with Gasteiger partial charge in [-0.15, -0.1) is 11.3 Å². The number of nitrogens with zero attached hydrogens (tertiary/aromatic N) is 4. The SMILES string of the molecule is Cc1cc(C(F)(F)F)nn1C=CN1CCC(c2nc(C3NCc4c(F)ccc(OS(C)(=O)=O)c4CN3)cs2)C(C)C1. The van der Waals surface area contributed by atoms with Gasteiger partial charge in [0.2, 0.25) is 0 Å². The number of aromatic nitrogens is 3. The average Bonchev–Trinajstić information content (AvgIpc) is 3.44. The van der Waals surface area contributed by atoms with Crippen LogP contribution < -0.4 is 14.8 Å². The molecular weight excluding hydrogens is 584 g/mol. The quantitative estimate of drug-likeness (QED) is 0.307. The zero-order chi connectivity index (χ0) is 29.5. The van der Waals surface area contributed by atoms with Crippen molar-refractivity contribution in [2.75, 3.05) is 19.3 Å². The third-order valence-electron chi connectivity index (χ3n) is 7.26. The lowest BCUT2D eigenvalue weighted by Crippen LogP contribution is -2.35. The van der Waals surface area contributed by atoms with E-state index in [1.165, 1.54) is 16.8 Å². The van der Waals surface area contributed by atoms with Gasteiger partial charge in [0.1, 0.15) is 17.7 Å². The van der Waals surface area contributed by atoms with Crippen molar-refractivity contribution in [1.82, 2.24) is 30.3 Å². The van der Waals surface area contributed by atoms with Gasteiger partial charge < -0.3 is 9.08 Å². The molecule has 3 aromatic rings. The largest absolute Gasteiger partial charge is 0.435 e. The standard InChI is InChI=1S/C26H30F4N6O3S2/c1-15-13-35(8-9-36-16(2)10-23(34-36)26(28,29)30)7-6-17(15)25-33-21(14-40-25)24-31-11-18-19(12-32-24)22(5-4-20(18)27)39-41(3,37)38/h4-5,8-10,14-15,17,24,31-32H,6-7,11-13H2,1-3H3. The molecule has 0 amide bonds. The molecule has 2 aliphatic heterocycles. The fourth-order valence-electron chi connectivity index (χ4n) is 5.18. The first kappa shape index (κ1) is 29.5. The van der Waals surface area contributed by atoms with Gasteiger partial charge in [-0.3, -0.25) is 10.6 Å². The van der Waals surface area contributed by atoms with Crippen LogP contribution in [-0.2, 0) is 29.4 Å². The summed E-state index contributed by atoms with van der Waals surface area (Å²) in [6.07, 6.45) is 0.225. The summed E-state index contributed by atoms with van der Waals surface area (Å²) in [6, 6.07) is 3.53. The Morgan fingerprint density at radius 1 is 1.17 bits per heavy atom. The molecule has 2 aliphatic rings. The maximum absolute atomic E-state index is 14.6. The number of benzene rings is 1. The number of fused-ring (bicyclic) bond motifs is 1. The number of nitrogens with one attached hydrogen (secondary N) is 2. The van der Waals surface area contributed by atoms with Crippen LogP contribution in [0.3, 0.4) is 0 Å². The molecule has 3 atom stereocenters. The van der Waals surface area contributed by atoms with Crippen molar-refractivity contribution in [2.24, 2.45) is 5.92 Å². The van der Waals surface area contributed by atoms with Crippen molar-refractivity contribution < 1.29 is 30.2 Å². The van der Waals surface area contributed by atoms with E-state index in [9.17, 15) is 26.0 Å². The van der Waals surface area contributed by atoms with Gasteiger partial charge in [-0.05, 0) is 37.5 Å². The normalized spacial score (nSPS) is 22.1. The summed E-state index contributed by atoms with van der Waals surface area (Å²) in [6.45, 7) is 5.47. The first-order valence-electron chi connectivity index (χ1n) is 13.0. The molecule has 0 aliphatic carbocycles. The zero-order valence-corrected chi connectivity index (χ0v) is 24.2. The van der Waals surface area contributed by atoms with Gasteiger partial charge >= 0.3 is 16.3 Å². The molecule has 0 bridgehead atoms. The second-order valence-electron chi connectivity index (χ2n) is 10.4. The molecule has 1 saturated heterocycles. The molecule has 5 rings (SSSR count). The number of alkyl halides is 3. The van der Waals surface area contributed by atoms with Crippen LogP contribution in [0.1, 0.15) is 58.6 Å². The van der Waals surface area contributed by atoms with Crippen molar-refractivity contribution in [3.05, 3.63) is 68.8 Å². The maximum atomic E-state index is 14.6. The summed E-state index contributed by atoms with van der Waals surface area (Å²) in [5.74, 6) is 0.0849. The first-order chi connectivity index (χ1) is 19.3. The highest BCUT2D eigenvalue weighted by Crippen LogP contribution is 2.36. The molecule has 4 heterocycles. The molecule has 2 aromatic heterocycles. The van der Waals surface area contributed by atoms with Crippen LogP contribution in [0.15, 0.2) is 29.8 Å². The lowest BCUT2D eigenvalue weighted by Gasteiger charge is -2.35. The molecule has 2 N–H and O–H groups in total. The number of thiazole rings is 1. The molecule has 3 unspecified atom stereocenters. The molecule has 0 radical (unpaired) electrons. The number of rotatable bonds is 6. The Morgan fingerprint density at radius 3 is 2.56 bits per heavy atom. The monoisotopic (exact) mass is 614 g/mol. The van der Waals surface area contributed by atoms with Gasteiger partial charge in [0.05, 0.1) is 17.0 Å². The Hall–Kier alpha value is -3.01. The second kappa shape index (κ2) is 11.3. The van der Waals surface area contributed by atoms with Crippen molar-refractivity contribution in [1.29, 1.82) is 0 Å². The van der Waals surface area contributed by atoms with E-state index < -0.39 is 27.8 Å². The van der Waals surface area contributed by atoms with Crippen LogP contribution in [0.4, 0.5) is 17.6 Å². The molecule has 1 aromatic carbocycles. The van der Waals surface area contributed by atoms with Crippen molar-refractivity contribution in [2.45, 2.75) is 51.6 Å². The molecule has 15 heteroatoms. The smallest absolute Gasteiger partial charge is 0.382 e. The Bertz CT molecular complexity index is 1550. The van der Waals surface area contributed by atoms with E-state index in [2.05, 4.69) is 27.6 Å². The summed E-state index contributed by atoms with van der Waals surface area (Å²) >= 11 is 1.55. The topological polar surface area (TPSA) is 101 Å². The van der Waals surface area contributed by atoms with Crippen LogP contribution in [0, 0.1) is 18.7 Å². The Labute approximate surface area is 239 Å². The van der Waals surface area contributed by atoms with Crippen LogP contribution in [-0.4, -0.2) is 47.4 Å². The molecule has 1 fully saturated rings. The van der Waals surface area contributed by atoms with Gasteiger partial charge in [-0.1, -0.05) is 6.92 Å². The predicted molar refractivity (Wildman–Crippen MR) is 146 cm³/mol. The highest BCUT2D eigenvalue weighted by molar-refractivity contribution is 7.86. The molecule has 0 spiro atoms. The van der Waals surface area contributed by atoms with Crippen molar-refractivity contribution in [3.8, 4) is 5.75 Å². The third kappa shape index (κ3) is 6.74. The van der Waals surface area contributed by atoms with Gasteiger partial charge in [0.15, 0.2) is 5.69 Å². The van der Waals surface area contributed by atoms with E-state index in [-0.39, 0.29) is 36.8 Å². The number of halogens is 4. The van der Waals surface area contributed by atoms with Gasteiger partial charge in [-0.2, -0.15) is 26.7 Å². The van der Waals surface area contributed by atoms with Gasteiger partial charge in [0.25, 0.3) is 0 Å². The van der Waals surface area contributed by atoms with Gasteiger partial charge in [0, 0.05) is 66.7 Å². The summed E-state index contributed by atoms with van der Waals surface area (Å²) in [5.41, 5.74) is 1.02. The van der Waals surface area contributed by atoms with Gasteiger partial charge in [-0.25, -0.2) is 14.1 Å². The third-order valence-corrected chi connectivity index (χ3v) is 8.74. The van der Waals surface area contributed by atoms with E-state index in [0.29, 0.717) is 29.9 Å². The summed E-state index contributed by atoms with van der Waals surface area (Å²) < 4.78 is 83.1. The maximum Gasteiger partial charge on any atom is 0.435 e. The van der Waals surface area contributed by atoms with Crippen LogP contribution in [0.25, 0.3) is 6.20 Å². The number of hydrogen-bond acceptors (Lipinski definition) is 9.